The van der Waals surface area contributed by atoms with Crippen molar-refractivity contribution in [3.05, 3.63) is 78.9 Å². The van der Waals surface area contributed by atoms with Crippen molar-refractivity contribution in [1.29, 1.82) is 0 Å². The third-order valence-electron chi connectivity index (χ3n) is 4.34. The van der Waals surface area contributed by atoms with E-state index in [-0.39, 0.29) is 11.7 Å². The summed E-state index contributed by atoms with van der Waals surface area (Å²) in [6.07, 6.45) is 0. The highest BCUT2D eigenvalue weighted by molar-refractivity contribution is 8.01. The van der Waals surface area contributed by atoms with Crippen LogP contribution < -0.4 is 15.4 Å². The summed E-state index contributed by atoms with van der Waals surface area (Å²) in [5.74, 6) is 0.916. The van der Waals surface area contributed by atoms with E-state index in [0.717, 1.165) is 32.6 Å². The zero-order chi connectivity index (χ0) is 21.5. The van der Waals surface area contributed by atoms with Crippen molar-refractivity contribution in [2.45, 2.75) is 4.34 Å². The first-order chi connectivity index (χ1) is 15.2. The molecule has 0 atom stereocenters. The summed E-state index contributed by atoms with van der Waals surface area (Å²) >= 11 is 2.75. The zero-order valence-electron chi connectivity index (χ0n) is 16.7. The number of nitrogens with zero attached hydrogens (tertiary/aromatic N) is 2. The van der Waals surface area contributed by atoms with Gasteiger partial charge in [-0.3, -0.25) is 4.79 Å². The quantitative estimate of drug-likeness (QED) is 0.337. The molecule has 0 bridgehead atoms. The van der Waals surface area contributed by atoms with Gasteiger partial charge in [-0.05, 0) is 23.8 Å². The maximum absolute atomic E-state index is 12.5. The predicted molar refractivity (Wildman–Crippen MR) is 127 cm³/mol. The monoisotopic (exact) mass is 448 g/mol. The van der Waals surface area contributed by atoms with Crippen LogP contribution >= 0.6 is 23.1 Å². The lowest BCUT2D eigenvalue weighted by atomic mass is 10.0. The van der Waals surface area contributed by atoms with Crippen molar-refractivity contribution in [3.63, 3.8) is 0 Å². The van der Waals surface area contributed by atoms with Crippen LogP contribution in [0.3, 0.4) is 0 Å². The number of benzene rings is 3. The minimum atomic E-state index is -0.0918. The SMILES string of the molecule is COc1cccc(Nc2nnc(SCC(=O)Nc3ccccc3-c3ccccc3)s2)c1. The molecular weight excluding hydrogens is 428 g/mol. The van der Waals surface area contributed by atoms with Gasteiger partial charge in [-0.15, -0.1) is 10.2 Å². The highest BCUT2D eigenvalue weighted by Gasteiger charge is 2.11. The lowest BCUT2D eigenvalue weighted by molar-refractivity contribution is -0.113. The molecule has 0 aliphatic rings. The van der Waals surface area contributed by atoms with Crippen LogP contribution in [0.5, 0.6) is 5.75 Å². The number of thioether (sulfide) groups is 1. The molecule has 1 aromatic heterocycles. The molecule has 3 aromatic carbocycles. The Hall–Kier alpha value is -3.36. The van der Waals surface area contributed by atoms with Crippen LogP contribution in [-0.4, -0.2) is 29.0 Å². The third kappa shape index (κ3) is 5.62. The molecule has 8 heteroatoms. The van der Waals surface area contributed by atoms with E-state index in [9.17, 15) is 4.79 Å². The van der Waals surface area contributed by atoms with E-state index in [1.165, 1.54) is 23.1 Å². The second kappa shape index (κ2) is 10.1. The summed E-state index contributed by atoms with van der Waals surface area (Å²) in [6, 6.07) is 25.4. The number of aromatic nitrogens is 2. The van der Waals surface area contributed by atoms with Gasteiger partial charge in [-0.25, -0.2) is 0 Å². The van der Waals surface area contributed by atoms with Crippen LogP contribution in [0.15, 0.2) is 83.2 Å². The average Bonchev–Trinajstić information content (AvgIpc) is 3.26. The summed E-state index contributed by atoms with van der Waals surface area (Å²) in [5.41, 5.74) is 3.70. The maximum atomic E-state index is 12.5. The van der Waals surface area contributed by atoms with Crippen LogP contribution in [-0.2, 0) is 4.79 Å². The Morgan fingerprint density at radius 3 is 2.65 bits per heavy atom. The molecule has 31 heavy (non-hydrogen) atoms. The molecule has 0 saturated carbocycles. The number of anilines is 3. The Kier molecular flexibility index (Phi) is 6.81. The van der Waals surface area contributed by atoms with Crippen molar-refractivity contribution in [1.82, 2.24) is 10.2 Å². The van der Waals surface area contributed by atoms with Gasteiger partial charge in [-0.1, -0.05) is 77.7 Å². The lowest BCUT2D eigenvalue weighted by Crippen LogP contribution is -2.14. The number of para-hydroxylation sites is 1. The molecule has 2 N–H and O–H groups in total. The summed E-state index contributed by atoms with van der Waals surface area (Å²) in [5, 5.41) is 15.2. The topological polar surface area (TPSA) is 76.1 Å². The first-order valence-corrected chi connectivity index (χ1v) is 11.3. The van der Waals surface area contributed by atoms with Crippen LogP contribution in [0, 0.1) is 0 Å². The second-order valence-electron chi connectivity index (χ2n) is 6.48. The van der Waals surface area contributed by atoms with E-state index < -0.39 is 0 Å². The number of hydrogen-bond acceptors (Lipinski definition) is 7. The number of nitrogens with one attached hydrogen (secondary N) is 2. The fourth-order valence-corrected chi connectivity index (χ4v) is 4.49. The van der Waals surface area contributed by atoms with Gasteiger partial charge in [0, 0.05) is 23.0 Å². The molecule has 6 nitrogen and oxygen atoms in total. The Labute approximate surface area is 188 Å². The Bertz CT molecular complexity index is 1160. The molecule has 0 spiro atoms. The fourth-order valence-electron chi connectivity index (χ4n) is 2.92. The first-order valence-electron chi connectivity index (χ1n) is 9.53. The number of carbonyl (C=O) groups is 1. The Morgan fingerprint density at radius 1 is 1.00 bits per heavy atom. The smallest absolute Gasteiger partial charge is 0.234 e. The number of amides is 1. The average molecular weight is 449 g/mol. The normalized spacial score (nSPS) is 10.5. The summed E-state index contributed by atoms with van der Waals surface area (Å²) in [4.78, 5) is 12.5. The van der Waals surface area contributed by atoms with Crippen molar-refractivity contribution in [2.24, 2.45) is 0 Å². The predicted octanol–water partition coefficient (Wildman–Crippen LogP) is 5.69. The van der Waals surface area contributed by atoms with Crippen molar-refractivity contribution in [2.75, 3.05) is 23.5 Å². The van der Waals surface area contributed by atoms with Gasteiger partial charge in [0.2, 0.25) is 11.0 Å². The molecule has 1 amide bonds. The largest absolute Gasteiger partial charge is 0.497 e. The van der Waals surface area contributed by atoms with Gasteiger partial charge in [-0.2, -0.15) is 0 Å². The molecule has 0 unspecified atom stereocenters. The molecule has 0 saturated heterocycles. The molecule has 0 radical (unpaired) electrons. The molecule has 156 valence electrons. The molecule has 1 heterocycles. The van der Waals surface area contributed by atoms with E-state index >= 15 is 0 Å². The molecule has 0 aliphatic carbocycles. The standard InChI is InChI=1S/C23H20N4O2S2/c1-29-18-11-7-10-17(14-18)24-22-26-27-23(31-22)30-15-21(28)25-20-13-6-5-12-19(20)16-8-3-2-4-9-16/h2-14H,15H2,1H3,(H,24,26)(H,25,28). The van der Waals surface area contributed by atoms with Gasteiger partial charge in [0.15, 0.2) is 4.34 Å². The van der Waals surface area contributed by atoms with Gasteiger partial charge in [0.25, 0.3) is 0 Å². The van der Waals surface area contributed by atoms with Gasteiger partial charge in [0.05, 0.1) is 12.9 Å². The second-order valence-corrected chi connectivity index (χ2v) is 8.68. The first kappa shape index (κ1) is 20.9. The highest BCUT2D eigenvalue weighted by atomic mass is 32.2. The molecule has 0 aliphatic heterocycles. The molecule has 4 aromatic rings. The summed E-state index contributed by atoms with van der Waals surface area (Å²) < 4.78 is 5.95. The van der Waals surface area contributed by atoms with E-state index in [4.69, 9.17) is 4.74 Å². The van der Waals surface area contributed by atoms with E-state index in [0.29, 0.717) is 5.13 Å². The summed E-state index contributed by atoms with van der Waals surface area (Å²) in [7, 11) is 1.63. The number of ether oxygens (including phenoxy) is 1. The van der Waals surface area contributed by atoms with E-state index in [1.54, 1.807) is 7.11 Å². The number of hydrogen-bond donors (Lipinski definition) is 2. The third-order valence-corrected chi connectivity index (χ3v) is 6.31. The zero-order valence-corrected chi connectivity index (χ0v) is 18.4. The van der Waals surface area contributed by atoms with Crippen LogP contribution in [0.2, 0.25) is 0 Å². The Morgan fingerprint density at radius 2 is 1.81 bits per heavy atom. The van der Waals surface area contributed by atoms with Gasteiger partial charge in [0.1, 0.15) is 5.75 Å². The van der Waals surface area contributed by atoms with Crippen LogP contribution in [0.1, 0.15) is 0 Å². The number of methoxy groups -OCH3 is 1. The van der Waals surface area contributed by atoms with E-state index in [2.05, 4.69) is 20.8 Å². The fraction of sp³-hybridized carbons (Fsp3) is 0.0870. The van der Waals surface area contributed by atoms with Crippen molar-refractivity contribution >= 4 is 45.5 Å². The van der Waals surface area contributed by atoms with Crippen LogP contribution in [0.4, 0.5) is 16.5 Å². The van der Waals surface area contributed by atoms with E-state index in [1.807, 2.05) is 78.9 Å². The minimum absolute atomic E-state index is 0.0918. The minimum Gasteiger partial charge on any atom is -0.497 e. The number of carbonyl (C=O) groups excluding carboxylic acids is 1. The summed E-state index contributed by atoms with van der Waals surface area (Å²) in [6.45, 7) is 0. The number of rotatable bonds is 8. The maximum Gasteiger partial charge on any atom is 0.234 e. The van der Waals surface area contributed by atoms with Gasteiger partial charge >= 0.3 is 0 Å². The van der Waals surface area contributed by atoms with Crippen molar-refractivity contribution < 1.29 is 9.53 Å². The Balaban J connectivity index is 1.35. The highest BCUT2D eigenvalue weighted by Crippen LogP contribution is 2.30. The van der Waals surface area contributed by atoms with Crippen molar-refractivity contribution in [3.8, 4) is 16.9 Å². The van der Waals surface area contributed by atoms with Gasteiger partial charge < -0.3 is 15.4 Å². The molecule has 0 fully saturated rings. The lowest BCUT2D eigenvalue weighted by Gasteiger charge is -2.10. The molecule has 4 rings (SSSR count). The molecular formula is C23H20N4O2S2. The van der Waals surface area contributed by atoms with Crippen LogP contribution in [0.25, 0.3) is 11.1 Å².